The van der Waals surface area contributed by atoms with E-state index in [9.17, 15) is 22.8 Å². The molecule has 0 saturated heterocycles. The highest BCUT2D eigenvalue weighted by Crippen LogP contribution is 2.33. The fourth-order valence-corrected chi connectivity index (χ4v) is 3.92. The van der Waals surface area contributed by atoms with Crippen molar-refractivity contribution in [3.8, 4) is 11.5 Å². The van der Waals surface area contributed by atoms with Gasteiger partial charge in [0, 0.05) is 23.5 Å². The van der Waals surface area contributed by atoms with Gasteiger partial charge in [-0.2, -0.15) is 13.2 Å². The van der Waals surface area contributed by atoms with Gasteiger partial charge in [0.1, 0.15) is 6.54 Å². The minimum absolute atomic E-state index is 0.155. The van der Waals surface area contributed by atoms with Gasteiger partial charge < -0.3 is 19.4 Å². The zero-order valence-corrected chi connectivity index (χ0v) is 17.9. The van der Waals surface area contributed by atoms with Crippen LogP contribution in [0.5, 0.6) is 11.5 Å². The lowest BCUT2D eigenvalue weighted by molar-refractivity contribution is -0.122. The molecule has 2 heterocycles. The SMILES string of the molecule is CCC(NC(=O)Cn1cc(C(=O)C(F)(F)F)c2ccccc21)c1ccc2c(c1)OCCCO2. The predicted molar refractivity (Wildman–Crippen MR) is 116 cm³/mol. The van der Waals surface area contributed by atoms with Crippen LogP contribution in [0, 0.1) is 0 Å². The standard InChI is InChI=1S/C24H23F3N2O4/c1-2-18(15-8-9-20-21(12-15)33-11-5-10-32-20)28-22(30)14-29-13-17(23(31)24(25,26)27)16-6-3-4-7-19(16)29/h3-4,6-9,12-13,18H,2,5,10-11,14H2,1H3,(H,28,30). The number of nitrogens with zero attached hydrogens (tertiary/aromatic N) is 1. The van der Waals surface area contributed by atoms with Crippen LogP contribution in [0.3, 0.4) is 0 Å². The summed E-state index contributed by atoms with van der Waals surface area (Å²) in [5.41, 5.74) is 0.741. The fourth-order valence-electron chi connectivity index (χ4n) is 3.92. The quantitative estimate of drug-likeness (QED) is 0.536. The summed E-state index contributed by atoms with van der Waals surface area (Å²) >= 11 is 0. The summed E-state index contributed by atoms with van der Waals surface area (Å²) in [4.78, 5) is 24.7. The molecule has 0 fully saturated rings. The van der Waals surface area contributed by atoms with Crippen LogP contribution in [0.1, 0.15) is 41.7 Å². The number of halogens is 3. The molecule has 1 aromatic heterocycles. The second-order valence-corrected chi connectivity index (χ2v) is 7.80. The lowest BCUT2D eigenvalue weighted by Gasteiger charge is -2.19. The lowest BCUT2D eigenvalue weighted by Crippen LogP contribution is -2.31. The van der Waals surface area contributed by atoms with Crippen LogP contribution < -0.4 is 14.8 Å². The van der Waals surface area contributed by atoms with Crippen LogP contribution in [0.15, 0.2) is 48.7 Å². The number of hydrogen-bond donors (Lipinski definition) is 1. The van der Waals surface area contributed by atoms with Gasteiger partial charge >= 0.3 is 6.18 Å². The molecule has 0 bridgehead atoms. The first-order chi connectivity index (χ1) is 15.8. The maximum absolute atomic E-state index is 13.0. The maximum atomic E-state index is 13.0. The van der Waals surface area contributed by atoms with E-state index in [2.05, 4.69) is 5.32 Å². The van der Waals surface area contributed by atoms with E-state index in [1.165, 1.54) is 10.6 Å². The highest BCUT2D eigenvalue weighted by molar-refractivity contribution is 6.10. The van der Waals surface area contributed by atoms with Gasteiger partial charge in [-0.3, -0.25) is 9.59 Å². The Morgan fingerprint density at radius 1 is 1.09 bits per heavy atom. The van der Waals surface area contributed by atoms with Gasteiger partial charge in [0.15, 0.2) is 11.5 Å². The van der Waals surface area contributed by atoms with Crippen LogP contribution in [-0.4, -0.2) is 35.6 Å². The first-order valence-electron chi connectivity index (χ1n) is 10.7. The number of alkyl halides is 3. The molecular formula is C24H23F3N2O4. The Bertz CT molecular complexity index is 1190. The summed E-state index contributed by atoms with van der Waals surface area (Å²) < 4.78 is 51.8. The summed E-state index contributed by atoms with van der Waals surface area (Å²) in [5.74, 6) is -1.06. The molecule has 6 nitrogen and oxygen atoms in total. The molecule has 2 aromatic carbocycles. The Hall–Kier alpha value is -3.49. The topological polar surface area (TPSA) is 69.6 Å². The van der Waals surface area contributed by atoms with Gasteiger partial charge in [0.25, 0.3) is 5.78 Å². The third-order valence-corrected chi connectivity index (χ3v) is 5.52. The number of hydrogen-bond acceptors (Lipinski definition) is 4. The number of carbonyl (C=O) groups is 2. The van der Waals surface area contributed by atoms with Crippen molar-refractivity contribution < 1.29 is 32.2 Å². The van der Waals surface area contributed by atoms with Crippen molar-refractivity contribution >= 4 is 22.6 Å². The number of para-hydroxylation sites is 1. The molecule has 9 heteroatoms. The minimum atomic E-state index is -5.00. The molecule has 33 heavy (non-hydrogen) atoms. The average Bonchev–Trinajstić information content (AvgIpc) is 2.98. The number of rotatable bonds is 6. The molecule has 4 rings (SSSR count). The van der Waals surface area contributed by atoms with Gasteiger partial charge in [0.2, 0.25) is 5.91 Å². The number of ketones is 1. The van der Waals surface area contributed by atoms with E-state index in [4.69, 9.17) is 9.47 Å². The van der Waals surface area contributed by atoms with Gasteiger partial charge in [-0.05, 0) is 30.2 Å². The van der Waals surface area contributed by atoms with Crippen molar-refractivity contribution in [3.05, 3.63) is 59.8 Å². The predicted octanol–water partition coefficient (Wildman–Crippen LogP) is 4.82. The number of fused-ring (bicyclic) bond motifs is 2. The number of benzene rings is 2. The van der Waals surface area contributed by atoms with Crippen molar-refractivity contribution in [3.63, 3.8) is 0 Å². The van der Waals surface area contributed by atoms with Gasteiger partial charge in [-0.25, -0.2) is 0 Å². The van der Waals surface area contributed by atoms with Crippen molar-refractivity contribution in [1.29, 1.82) is 0 Å². The lowest BCUT2D eigenvalue weighted by atomic mass is 10.0. The molecule has 0 aliphatic carbocycles. The molecule has 1 atom stereocenters. The Kier molecular flexibility index (Phi) is 6.31. The zero-order chi connectivity index (χ0) is 23.6. The summed E-state index contributed by atoms with van der Waals surface area (Å²) in [6, 6.07) is 11.4. The Morgan fingerprint density at radius 2 is 1.82 bits per heavy atom. The van der Waals surface area contributed by atoms with Crippen LogP contribution in [-0.2, 0) is 11.3 Å². The number of carbonyl (C=O) groups excluding carboxylic acids is 2. The molecule has 0 spiro atoms. The third kappa shape index (κ3) is 4.81. The molecule has 0 radical (unpaired) electrons. The first kappa shape index (κ1) is 22.7. The van der Waals surface area contributed by atoms with Gasteiger partial charge in [-0.1, -0.05) is 31.2 Å². The molecule has 174 valence electrons. The fraction of sp³-hybridized carbons (Fsp3) is 0.333. The van der Waals surface area contributed by atoms with E-state index in [0.717, 1.165) is 18.2 Å². The first-order valence-corrected chi connectivity index (χ1v) is 10.7. The average molecular weight is 460 g/mol. The molecule has 1 aliphatic heterocycles. The van der Waals surface area contributed by atoms with E-state index >= 15 is 0 Å². The molecule has 1 aliphatic rings. The van der Waals surface area contributed by atoms with E-state index in [1.807, 2.05) is 19.1 Å². The Balaban J connectivity index is 1.55. The number of aromatic nitrogens is 1. The van der Waals surface area contributed by atoms with Crippen molar-refractivity contribution in [2.75, 3.05) is 13.2 Å². The monoisotopic (exact) mass is 460 g/mol. The maximum Gasteiger partial charge on any atom is 0.454 e. The summed E-state index contributed by atoms with van der Waals surface area (Å²) in [5, 5.41) is 3.08. The van der Waals surface area contributed by atoms with Crippen LogP contribution >= 0.6 is 0 Å². The number of ether oxygens (including phenoxy) is 2. The molecular weight excluding hydrogens is 437 g/mol. The normalized spacial score (nSPS) is 14.5. The second-order valence-electron chi connectivity index (χ2n) is 7.80. The summed E-state index contributed by atoms with van der Waals surface area (Å²) in [6.07, 6.45) is -2.53. The van der Waals surface area contributed by atoms with Crippen molar-refractivity contribution in [1.82, 2.24) is 9.88 Å². The van der Waals surface area contributed by atoms with E-state index in [-0.39, 0.29) is 23.9 Å². The van der Waals surface area contributed by atoms with E-state index in [1.54, 1.807) is 24.3 Å². The van der Waals surface area contributed by atoms with E-state index in [0.29, 0.717) is 36.7 Å². The largest absolute Gasteiger partial charge is 0.490 e. The molecule has 0 saturated carbocycles. The molecule has 1 N–H and O–H groups in total. The highest BCUT2D eigenvalue weighted by Gasteiger charge is 2.40. The van der Waals surface area contributed by atoms with Gasteiger partial charge in [-0.15, -0.1) is 0 Å². The van der Waals surface area contributed by atoms with Crippen molar-refractivity contribution in [2.45, 2.75) is 38.5 Å². The number of Topliss-reactive ketones (excluding diaryl/α,β-unsaturated/α-hetero) is 1. The Morgan fingerprint density at radius 3 is 2.55 bits per heavy atom. The summed E-state index contributed by atoms with van der Waals surface area (Å²) in [6.45, 7) is 2.80. The van der Waals surface area contributed by atoms with Crippen LogP contribution in [0.2, 0.25) is 0 Å². The molecule has 3 aromatic rings. The smallest absolute Gasteiger partial charge is 0.454 e. The summed E-state index contributed by atoms with van der Waals surface area (Å²) in [7, 11) is 0. The zero-order valence-electron chi connectivity index (χ0n) is 17.9. The number of amides is 1. The second kappa shape index (κ2) is 9.17. The van der Waals surface area contributed by atoms with Crippen molar-refractivity contribution in [2.24, 2.45) is 0 Å². The van der Waals surface area contributed by atoms with E-state index < -0.39 is 17.5 Å². The van der Waals surface area contributed by atoms with Crippen LogP contribution in [0.4, 0.5) is 13.2 Å². The van der Waals surface area contributed by atoms with Gasteiger partial charge in [0.05, 0.1) is 24.8 Å². The van der Waals surface area contributed by atoms with Crippen LogP contribution in [0.25, 0.3) is 10.9 Å². The highest BCUT2D eigenvalue weighted by atomic mass is 19.4. The third-order valence-electron chi connectivity index (χ3n) is 5.52. The molecule has 1 amide bonds. The Labute approximate surface area is 188 Å². The number of nitrogens with one attached hydrogen (secondary N) is 1. The molecule has 1 unspecified atom stereocenters. The minimum Gasteiger partial charge on any atom is -0.490 e.